The van der Waals surface area contributed by atoms with Gasteiger partial charge in [0.05, 0.1) is 18.9 Å². The number of thioether (sulfide) groups is 1. The monoisotopic (exact) mass is 443 g/mol. The molecule has 0 bridgehead atoms. The van der Waals surface area contributed by atoms with Crippen LogP contribution in [0.15, 0.2) is 29.4 Å². The number of aliphatic hydroxyl groups excluding tert-OH is 1. The molecule has 29 heavy (non-hydrogen) atoms. The summed E-state index contributed by atoms with van der Waals surface area (Å²) in [6, 6.07) is 6.07. The van der Waals surface area contributed by atoms with Crippen LogP contribution in [0.5, 0.6) is 0 Å². The van der Waals surface area contributed by atoms with Crippen molar-refractivity contribution in [2.45, 2.75) is 37.9 Å². The molecule has 0 radical (unpaired) electrons. The van der Waals surface area contributed by atoms with E-state index in [0.717, 1.165) is 11.8 Å². The van der Waals surface area contributed by atoms with E-state index in [2.05, 4.69) is 25.0 Å². The fraction of sp³-hybridized carbons (Fsp3) is 0.500. The molecule has 1 aromatic carbocycles. The average Bonchev–Trinajstić information content (AvgIpc) is 2.59. The maximum atomic E-state index is 13.3. The van der Waals surface area contributed by atoms with Crippen LogP contribution in [0.25, 0.3) is 0 Å². The lowest BCUT2D eigenvalue weighted by molar-refractivity contribution is 0.259. The second-order valence-corrected chi connectivity index (χ2v) is 9.83. The van der Waals surface area contributed by atoms with E-state index in [1.165, 1.54) is 23.9 Å². The van der Waals surface area contributed by atoms with Crippen molar-refractivity contribution in [3.8, 4) is 0 Å². The van der Waals surface area contributed by atoms with Crippen LogP contribution in [0.3, 0.4) is 0 Å². The van der Waals surface area contributed by atoms with Gasteiger partial charge in [0, 0.05) is 5.75 Å². The maximum absolute atomic E-state index is 13.3. The van der Waals surface area contributed by atoms with E-state index in [-0.39, 0.29) is 30.4 Å². The van der Waals surface area contributed by atoms with Crippen LogP contribution in [0.2, 0.25) is 0 Å². The first-order valence-corrected chi connectivity index (χ1v) is 12.0. The number of nitrogens with zero attached hydrogens (tertiary/aromatic N) is 3. The third kappa shape index (κ3) is 8.92. The Morgan fingerprint density at radius 3 is 2.55 bits per heavy atom. The average molecular weight is 444 g/mol. The maximum Gasteiger partial charge on any atom is 0.242 e. The molecule has 0 saturated heterocycles. The number of anilines is 2. The van der Waals surface area contributed by atoms with Gasteiger partial charge in [0.15, 0.2) is 5.16 Å². The molecule has 0 saturated carbocycles. The van der Waals surface area contributed by atoms with E-state index in [4.69, 9.17) is 0 Å². The summed E-state index contributed by atoms with van der Waals surface area (Å²) in [6.45, 7) is 3.95. The number of sulfonamides is 1. The Balaban J connectivity index is 2.14. The summed E-state index contributed by atoms with van der Waals surface area (Å²) in [7, 11) is -3.56. The second-order valence-electron chi connectivity index (χ2n) is 7.02. The molecule has 1 atom stereocenters. The minimum Gasteiger partial charge on any atom is -0.394 e. The van der Waals surface area contributed by atoms with Gasteiger partial charge in [0.25, 0.3) is 0 Å². The zero-order valence-electron chi connectivity index (χ0n) is 16.6. The number of hydrogen-bond donors (Lipinski definition) is 3. The first-order valence-electron chi connectivity index (χ1n) is 9.13. The molecule has 0 aliphatic heterocycles. The smallest absolute Gasteiger partial charge is 0.242 e. The van der Waals surface area contributed by atoms with E-state index >= 15 is 0 Å². The molecular weight excluding hydrogens is 417 g/mol. The van der Waals surface area contributed by atoms with Gasteiger partial charge in [-0.2, -0.15) is 15.0 Å². The quantitative estimate of drug-likeness (QED) is 0.454. The number of aryl methyl sites for hydroxylation is 1. The first-order chi connectivity index (χ1) is 13.6. The highest BCUT2D eigenvalue weighted by atomic mass is 32.2. The summed E-state index contributed by atoms with van der Waals surface area (Å²) >= 11 is 1.30. The fourth-order valence-electron chi connectivity index (χ4n) is 2.58. The summed E-state index contributed by atoms with van der Waals surface area (Å²) in [6.07, 6.45) is 2.30. The van der Waals surface area contributed by atoms with Gasteiger partial charge in [0.1, 0.15) is 5.82 Å². The zero-order chi connectivity index (χ0) is 21.4. The predicted octanol–water partition coefficient (Wildman–Crippen LogP) is 2.54. The Bertz CT molecular complexity index is 912. The van der Waals surface area contributed by atoms with E-state index in [1.807, 2.05) is 19.9 Å². The molecule has 8 nitrogen and oxygen atoms in total. The third-order valence-corrected chi connectivity index (χ3v) is 5.11. The molecule has 3 N–H and O–H groups in total. The SMILES string of the molecule is CC(C)C[C@H](CO)Nc1nc(NS(C)(=O)=O)nc(SCCc2cccc(F)c2)n1. The molecule has 0 unspecified atom stereocenters. The minimum atomic E-state index is -3.56. The van der Waals surface area contributed by atoms with Crippen molar-refractivity contribution in [1.29, 1.82) is 0 Å². The molecule has 160 valence electrons. The molecule has 0 amide bonds. The molecule has 1 heterocycles. The van der Waals surface area contributed by atoms with Gasteiger partial charge < -0.3 is 10.4 Å². The highest BCUT2D eigenvalue weighted by molar-refractivity contribution is 7.99. The largest absolute Gasteiger partial charge is 0.394 e. The van der Waals surface area contributed by atoms with Crippen molar-refractivity contribution in [1.82, 2.24) is 15.0 Å². The van der Waals surface area contributed by atoms with Gasteiger partial charge in [-0.3, -0.25) is 4.72 Å². The van der Waals surface area contributed by atoms with Gasteiger partial charge in [-0.15, -0.1) is 0 Å². The van der Waals surface area contributed by atoms with Crippen molar-refractivity contribution in [2.75, 3.05) is 28.7 Å². The van der Waals surface area contributed by atoms with Crippen molar-refractivity contribution < 1.29 is 17.9 Å². The topological polar surface area (TPSA) is 117 Å². The molecule has 0 aliphatic rings. The lowest BCUT2D eigenvalue weighted by Gasteiger charge is -2.18. The highest BCUT2D eigenvalue weighted by Crippen LogP contribution is 2.20. The molecular formula is C18H26FN5O3S2. The van der Waals surface area contributed by atoms with Crippen LogP contribution >= 0.6 is 11.8 Å². The number of hydrogen-bond acceptors (Lipinski definition) is 8. The lowest BCUT2D eigenvalue weighted by atomic mass is 10.0. The fourth-order valence-corrected chi connectivity index (χ4v) is 3.83. The van der Waals surface area contributed by atoms with Gasteiger partial charge in [-0.05, 0) is 36.5 Å². The predicted molar refractivity (Wildman–Crippen MR) is 113 cm³/mol. The Morgan fingerprint density at radius 1 is 1.21 bits per heavy atom. The van der Waals surface area contributed by atoms with Crippen molar-refractivity contribution in [2.24, 2.45) is 5.92 Å². The van der Waals surface area contributed by atoms with E-state index in [1.54, 1.807) is 6.07 Å². The number of aromatic nitrogens is 3. The molecule has 11 heteroatoms. The van der Waals surface area contributed by atoms with E-state index in [9.17, 15) is 17.9 Å². The van der Waals surface area contributed by atoms with Gasteiger partial charge in [-0.25, -0.2) is 12.8 Å². The minimum absolute atomic E-state index is 0.0977. The highest BCUT2D eigenvalue weighted by Gasteiger charge is 2.15. The Labute approximate surface area is 174 Å². The Morgan fingerprint density at radius 2 is 1.93 bits per heavy atom. The van der Waals surface area contributed by atoms with Crippen molar-refractivity contribution in [3.63, 3.8) is 0 Å². The Kier molecular flexibility index (Phi) is 8.60. The van der Waals surface area contributed by atoms with Crippen molar-refractivity contribution >= 4 is 33.7 Å². The van der Waals surface area contributed by atoms with Gasteiger partial charge >= 0.3 is 0 Å². The second kappa shape index (κ2) is 10.7. The number of benzene rings is 1. The first kappa shape index (κ1) is 23.3. The molecule has 1 aromatic heterocycles. The Hall–Kier alpha value is -1.98. The van der Waals surface area contributed by atoms with Gasteiger partial charge in [-0.1, -0.05) is 37.7 Å². The molecule has 0 fully saturated rings. The summed E-state index contributed by atoms with van der Waals surface area (Å²) in [5, 5.41) is 12.9. The molecule has 0 aliphatic carbocycles. The van der Waals surface area contributed by atoms with Crippen LogP contribution in [-0.2, 0) is 16.4 Å². The summed E-state index contributed by atoms with van der Waals surface area (Å²) in [4.78, 5) is 12.5. The number of rotatable bonds is 11. The standard InChI is InChI=1S/C18H26FN5O3S2/c1-12(2)9-15(11-25)20-16-21-17(24-29(3,26)27)23-18(22-16)28-8-7-13-5-4-6-14(19)10-13/h4-6,10,12,15,25H,7-9,11H2,1-3H3,(H2,20,21,22,23,24)/t15-/m1/s1. The summed E-state index contributed by atoms with van der Waals surface area (Å²) < 4.78 is 38.7. The summed E-state index contributed by atoms with van der Waals surface area (Å²) in [5.41, 5.74) is 0.844. The van der Waals surface area contributed by atoms with Crippen LogP contribution in [0.1, 0.15) is 25.8 Å². The van der Waals surface area contributed by atoms with Crippen LogP contribution < -0.4 is 10.0 Å². The van der Waals surface area contributed by atoms with Crippen LogP contribution in [0, 0.1) is 11.7 Å². The normalized spacial score (nSPS) is 12.8. The molecule has 2 aromatic rings. The van der Waals surface area contributed by atoms with Crippen LogP contribution in [-0.4, -0.2) is 53.1 Å². The number of aliphatic hydroxyl groups is 1. The van der Waals surface area contributed by atoms with Crippen molar-refractivity contribution in [3.05, 3.63) is 35.6 Å². The van der Waals surface area contributed by atoms with E-state index < -0.39 is 10.0 Å². The third-order valence-electron chi connectivity index (χ3n) is 3.71. The lowest BCUT2D eigenvalue weighted by Crippen LogP contribution is -2.27. The van der Waals surface area contributed by atoms with E-state index in [0.29, 0.717) is 29.7 Å². The summed E-state index contributed by atoms with van der Waals surface area (Å²) in [5.74, 6) is 0.702. The molecule has 0 spiro atoms. The molecule has 2 rings (SSSR count). The van der Waals surface area contributed by atoms with Crippen LogP contribution in [0.4, 0.5) is 16.3 Å². The van der Waals surface area contributed by atoms with Gasteiger partial charge in [0.2, 0.25) is 21.9 Å². The number of halogens is 1. The zero-order valence-corrected chi connectivity index (χ0v) is 18.2. The number of nitrogens with one attached hydrogen (secondary N) is 2.